The third-order valence-corrected chi connectivity index (χ3v) is 4.82. The van der Waals surface area contributed by atoms with Gasteiger partial charge in [-0.2, -0.15) is 0 Å². The predicted molar refractivity (Wildman–Crippen MR) is 106 cm³/mol. The van der Waals surface area contributed by atoms with E-state index >= 15 is 0 Å². The molecule has 0 amide bonds. The number of hydrogen-bond donors (Lipinski definition) is 2. The molecule has 1 aliphatic rings. The molecule has 0 saturated carbocycles. The molecule has 6 heteroatoms. The largest absolute Gasteiger partial charge is 0.508 e. The Labute approximate surface area is 167 Å². The quantitative estimate of drug-likeness (QED) is 0.428. The highest BCUT2D eigenvalue weighted by molar-refractivity contribution is 5.66. The van der Waals surface area contributed by atoms with E-state index in [0.29, 0.717) is 26.1 Å². The van der Waals surface area contributed by atoms with Gasteiger partial charge in [-0.1, -0.05) is 43.7 Å². The van der Waals surface area contributed by atoms with Gasteiger partial charge in [-0.15, -0.1) is 0 Å². The number of allylic oxidation sites excluding steroid dienone is 2. The van der Waals surface area contributed by atoms with Crippen LogP contribution >= 0.6 is 0 Å². The lowest BCUT2D eigenvalue weighted by Crippen LogP contribution is -2.41. The minimum atomic E-state index is -0.805. The van der Waals surface area contributed by atoms with Crippen molar-refractivity contribution in [1.29, 1.82) is 0 Å². The lowest BCUT2D eigenvalue weighted by atomic mass is 9.91. The van der Waals surface area contributed by atoms with Crippen LogP contribution in [0.1, 0.15) is 57.6 Å². The topological polar surface area (TPSA) is 85.2 Å². The molecule has 1 heterocycles. The van der Waals surface area contributed by atoms with Crippen LogP contribution in [0.15, 0.2) is 36.4 Å². The van der Waals surface area contributed by atoms with Crippen LogP contribution in [0.4, 0.5) is 0 Å². The Bertz CT molecular complexity index is 629. The van der Waals surface area contributed by atoms with Crippen molar-refractivity contribution in [2.45, 2.75) is 64.4 Å². The van der Waals surface area contributed by atoms with Crippen molar-refractivity contribution in [3.8, 4) is 5.75 Å². The molecule has 4 unspecified atom stereocenters. The molecule has 0 aromatic heterocycles. The van der Waals surface area contributed by atoms with Gasteiger partial charge < -0.3 is 24.4 Å². The van der Waals surface area contributed by atoms with Gasteiger partial charge >= 0.3 is 5.97 Å². The summed E-state index contributed by atoms with van der Waals surface area (Å²) >= 11 is 0. The second kappa shape index (κ2) is 11.8. The van der Waals surface area contributed by atoms with Crippen molar-refractivity contribution in [2.75, 3.05) is 13.2 Å². The molecule has 1 aromatic rings. The highest BCUT2D eigenvalue weighted by atomic mass is 16.7. The number of aromatic hydroxyl groups is 1. The molecular formula is C22H32O6. The zero-order valence-corrected chi connectivity index (χ0v) is 16.8. The smallest absolute Gasteiger partial charge is 0.303 e. The molecule has 0 radical (unpaired) electrons. The van der Waals surface area contributed by atoms with Gasteiger partial charge in [0.2, 0.25) is 0 Å². The first-order valence-electron chi connectivity index (χ1n) is 10.1. The normalized spacial score (nSPS) is 23.7. The molecule has 2 rings (SSSR count). The summed E-state index contributed by atoms with van der Waals surface area (Å²) in [6.07, 6.45) is 6.17. The summed E-state index contributed by atoms with van der Waals surface area (Å²) in [5, 5.41) is 19.0. The molecule has 1 fully saturated rings. The first-order chi connectivity index (χ1) is 13.5. The Morgan fingerprint density at radius 2 is 2.14 bits per heavy atom. The van der Waals surface area contributed by atoms with Crippen molar-refractivity contribution >= 4 is 5.97 Å². The number of phenolic OH excluding ortho intramolecular Hbond substituents is 1. The standard InChI is InChI=1S/C22H32O6/c1-3-4-14-26-16(2)22-27-15-17(10-6-5-7-13-20(24)25)21(28-22)18-11-8-9-12-19(18)23/h5-6,8-9,11-12,16-17,21-23H,3-4,7,10,13-15H2,1-2H3,(H,24,25)/b6-5-. The second-order valence-corrected chi connectivity index (χ2v) is 7.15. The van der Waals surface area contributed by atoms with Crippen LogP contribution in [-0.4, -0.2) is 41.8 Å². The van der Waals surface area contributed by atoms with E-state index in [1.165, 1.54) is 0 Å². The van der Waals surface area contributed by atoms with Crippen molar-refractivity contribution in [3.05, 3.63) is 42.0 Å². The third-order valence-electron chi connectivity index (χ3n) is 4.82. The molecule has 28 heavy (non-hydrogen) atoms. The number of ether oxygens (including phenoxy) is 3. The fraction of sp³-hybridized carbons (Fsp3) is 0.591. The maximum atomic E-state index is 10.6. The number of benzene rings is 1. The van der Waals surface area contributed by atoms with E-state index in [9.17, 15) is 9.90 Å². The van der Waals surface area contributed by atoms with Gasteiger partial charge in [0.25, 0.3) is 0 Å². The molecule has 0 spiro atoms. The highest BCUT2D eigenvalue weighted by Crippen LogP contribution is 2.39. The van der Waals surface area contributed by atoms with Gasteiger partial charge in [0.05, 0.1) is 12.7 Å². The number of para-hydroxylation sites is 1. The minimum absolute atomic E-state index is 0.0217. The Morgan fingerprint density at radius 3 is 2.86 bits per heavy atom. The van der Waals surface area contributed by atoms with Crippen LogP contribution in [0, 0.1) is 5.92 Å². The van der Waals surface area contributed by atoms with Crippen molar-refractivity contribution < 1.29 is 29.2 Å². The molecule has 2 N–H and O–H groups in total. The molecule has 0 bridgehead atoms. The first-order valence-corrected chi connectivity index (χ1v) is 10.1. The van der Waals surface area contributed by atoms with Crippen molar-refractivity contribution in [2.24, 2.45) is 5.92 Å². The first kappa shape index (κ1) is 22.4. The molecular weight excluding hydrogens is 360 g/mol. The summed E-state index contributed by atoms with van der Waals surface area (Å²) in [5.41, 5.74) is 0.737. The number of carbonyl (C=O) groups is 1. The van der Waals surface area contributed by atoms with Gasteiger partial charge in [-0.05, 0) is 32.3 Å². The summed E-state index contributed by atoms with van der Waals surface area (Å²) in [5.74, 6) is -0.581. The third kappa shape index (κ3) is 6.93. The molecule has 1 aromatic carbocycles. The lowest BCUT2D eigenvalue weighted by molar-refractivity contribution is -0.275. The highest BCUT2D eigenvalue weighted by Gasteiger charge is 2.36. The fourth-order valence-electron chi connectivity index (χ4n) is 3.18. The van der Waals surface area contributed by atoms with Gasteiger partial charge in [-0.25, -0.2) is 0 Å². The lowest BCUT2D eigenvalue weighted by Gasteiger charge is -2.39. The van der Waals surface area contributed by atoms with Crippen LogP contribution < -0.4 is 0 Å². The summed E-state index contributed by atoms with van der Waals surface area (Å²) in [6.45, 7) is 5.20. The maximum absolute atomic E-state index is 10.6. The van der Waals surface area contributed by atoms with Crippen molar-refractivity contribution in [3.63, 3.8) is 0 Å². The average molecular weight is 392 g/mol. The van der Waals surface area contributed by atoms with Crippen molar-refractivity contribution in [1.82, 2.24) is 0 Å². The molecule has 1 aliphatic heterocycles. The number of aliphatic carboxylic acids is 1. The van der Waals surface area contributed by atoms with Gasteiger partial charge in [-0.3, -0.25) is 4.79 Å². The van der Waals surface area contributed by atoms with E-state index in [1.54, 1.807) is 12.1 Å². The van der Waals surface area contributed by atoms with Crippen LogP contribution in [0.2, 0.25) is 0 Å². The van der Waals surface area contributed by atoms with E-state index in [4.69, 9.17) is 19.3 Å². The van der Waals surface area contributed by atoms with E-state index in [-0.39, 0.29) is 30.3 Å². The molecule has 6 nitrogen and oxygen atoms in total. The summed E-state index contributed by atoms with van der Waals surface area (Å²) in [4.78, 5) is 10.6. The van der Waals surface area contributed by atoms with Gasteiger partial charge in [0, 0.05) is 24.5 Å². The fourth-order valence-corrected chi connectivity index (χ4v) is 3.18. The van der Waals surface area contributed by atoms with E-state index < -0.39 is 12.3 Å². The Balaban J connectivity index is 2.04. The SMILES string of the molecule is CCCCOC(C)C1OCC(C/C=C\CCC(=O)O)C(c2ccccc2O)O1. The molecule has 1 saturated heterocycles. The number of carboxylic acids is 1. The molecule has 0 aliphatic carbocycles. The van der Waals surface area contributed by atoms with E-state index in [1.807, 2.05) is 31.2 Å². The number of unbranched alkanes of at least 4 members (excludes halogenated alkanes) is 1. The average Bonchev–Trinajstić information content (AvgIpc) is 2.68. The maximum Gasteiger partial charge on any atom is 0.303 e. The predicted octanol–water partition coefficient (Wildman–Crippen LogP) is 4.44. The number of carboxylic acid groups (broad SMARTS) is 1. The van der Waals surface area contributed by atoms with Gasteiger partial charge in [0.15, 0.2) is 6.29 Å². The zero-order chi connectivity index (χ0) is 20.4. The number of hydrogen-bond acceptors (Lipinski definition) is 5. The summed E-state index contributed by atoms with van der Waals surface area (Å²) in [6, 6.07) is 7.19. The summed E-state index contributed by atoms with van der Waals surface area (Å²) < 4.78 is 18.0. The summed E-state index contributed by atoms with van der Waals surface area (Å²) in [7, 11) is 0. The van der Waals surface area contributed by atoms with E-state index in [0.717, 1.165) is 18.4 Å². The zero-order valence-electron chi connectivity index (χ0n) is 16.8. The Hall–Kier alpha value is -1.89. The second-order valence-electron chi connectivity index (χ2n) is 7.15. The van der Waals surface area contributed by atoms with Crippen LogP contribution in [0.25, 0.3) is 0 Å². The van der Waals surface area contributed by atoms with Crippen LogP contribution in [0.5, 0.6) is 5.75 Å². The van der Waals surface area contributed by atoms with Crippen LogP contribution in [0.3, 0.4) is 0 Å². The van der Waals surface area contributed by atoms with E-state index in [2.05, 4.69) is 6.92 Å². The Morgan fingerprint density at radius 1 is 1.36 bits per heavy atom. The van der Waals surface area contributed by atoms with Crippen LogP contribution in [-0.2, 0) is 19.0 Å². The monoisotopic (exact) mass is 392 g/mol. The minimum Gasteiger partial charge on any atom is -0.508 e. The Kier molecular flexibility index (Phi) is 9.47. The number of rotatable bonds is 11. The molecule has 4 atom stereocenters. The number of phenols is 1. The molecule has 156 valence electrons. The van der Waals surface area contributed by atoms with Gasteiger partial charge in [0.1, 0.15) is 11.9 Å².